The Bertz CT molecular complexity index is 487. The Morgan fingerprint density at radius 2 is 1.58 bits per heavy atom. The van der Waals surface area contributed by atoms with Gasteiger partial charge in [-0.3, -0.25) is 19.7 Å². The Hall–Kier alpha value is -1.43. The lowest BCUT2D eigenvalue weighted by Gasteiger charge is -2.27. The summed E-state index contributed by atoms with van der Waals surface area (Å²) in [6.45, 7) is 0. The maximum Gasteiger partial charge on any atom is 0.303 e. The molecule has 0 bridgehead atoms. The zero-order chi connectivity index (χ0) is 18.9. The average Bonchev–Trinajstić information content (AvgIpc) is 2.89. The monoisotopic (exact) mass is 367 g/mol. The Balaban J connectivity index is 1.73. The molecule has 2 rings (SSSR count). The lowest BCUT2D eigenvalue weighted by molar-refractivity contribution is -0.137. The first kappa shape index (κ1) is 20.9. The van der Waals surface area contributed by atoms with Gasteiger partial charge in [0.2, 0.25) is 11.8 Å². The molecular formula is C20H33NO5. The van der Waals surface area contributed by atoms with Gasteiger partial charge >= 0.3 is 5.97 Å². The van der Waals surface area contributed by atoms with Gasteiger partial charge in [0.25, 0.3) is 0 Å². The topological polar surface area (TPSA) is 104 Å². The van der Waals surface area contributed by atoms with Crippen molar-refractivity contribution in [2.24, 2.45) is 17.8 Å². The summed E-state index contributed by atoms with van der Waals surface area (Å²) in [5.74, 6) is -1.42. The van der Waals surface area contributed by atoms with Gasteiger partial charge in [0.1, 0.15) is 0 Å². The predicted molar refractivity (Wildman–Crippen MR) is 97.3 cm³/mol. The fourth-order valence-corrected chi connectivity index (χ4v) is 4.44. The molecule has 0 unspecified atom stereocenters. The van der Waals surface area contributed by atoms with E-state index in [1.807, 2.05) is 0 Å². The Labute approximate surface area is 155 Å². The molecule has 6 nitrogen and oxygen atoms in total. The quantitative estimate of drug-likeness (QED) is 0.385. The second-order valence-electron chi connectivity index (χ2n) is 7.96. The first-order valence-electron chi connectivity index (χ1n) is 10.2. The minimum Gasteiger partial charge on any atom is -0.481 e. The number of nitrogens with one attached hydrogen (secondary N) is 1. The molecule has 0 spiro atoms. The SMILES string of the molecule is O=C(O)CCCCCC[C@@H]1C(=O)NC(=O)[C@@H]1CC[C@@H](O)C1CCCCC1. The van der Waals surface area contributed by atoms with Gasteiger partial charge in [0.05, 0.1) is 12.0 Å². The molecule has 0 radical (unpaired) electrons. The molecule has 2 amide bonds. The van der Waals surface area contributed by atoms with E-state index < -0.39 is 5.97 Å². The summed E-state index contributed by atoms with van der Waals surface area (Å²) in [5, 5.41) is 21.5. The zero-order valence-electron chi connectivity index (χ0n) is 15.6. The second kappa shape index (κ2) is 10.7. The largest absolute Gasteiger partial charge is 0.481 e. The van der Waals surface area contributed by atoms with E-state index in [0.717, 1.165) is 32.1 Å². The summed E-state index contributed by atoms with van der Waals surface area (Å²) < 4.78 is 0. The van der Waals surface area contributed by atoms with Crippen molar-refractivity contribution in [1.82, 2.24) is 5.32 Å². The molecule has 1 aliphatic carbocycles. The highest BCUT2D eigenvalue weighted by Crippen LogP contribution is 2.33. The first-order valence-corrected chi connectivity index (χ1v) is 10.2. The van der Waals surface area contributed by atoms with Crippen LogP contribution in [0.25, 0.3) is 0 Å². The number of imide groups is 1. The molecule has 26 heavy (non-hydrogen) atoms. The Kier molecular flexibility index (Phi) is 8.55. The van der Waals surface area contributed by atoms with Crippen LogP contribution in [0.5, 0.6) is 0 Å². The molecule has 2 aliphatic rings. The maximum absolute atomic E-state index is 12.1. The fourth-order valence-electron chi connectivity index (χ4n) is 4.44. The molecule has 2 fully saturated rings. The van der Waals surface area contributed by atoms with E-state index in [2.05, 4.69) is 5.32 Å². The van der Waals surface area contributed by atoms with Crippen LogP contribution < -0.4 is 5.32 Å². The molecule has 1 saturated heterocycles. The molecule has 1 aliphatic heterocycles. The molecule has 3 N–H and O–H groups in total. The van der Waals surface area contributed by atoms with Crippen LogP contribution in [0.15, 0.2) is 0 Å². The summed E-state index contributed by atoms with van der Waals surface area (Å²) in [5.41, 5.74) is 0. The number of aliphatic carboxylic acids is 1. The van der Waals surface area contributed by atoms with E-state index in [9.17, 15) is 19.5 Å². The van der Waals surface area contributed by atoms with E-state index in [1.54, 1.807) is 0 Å². The van der Waals surface area contributed by atoms with E-state index in [0.29, 0.717) is 31.6 Å². The number of aliphatic hydroxyl groups excluding tert-OH is 1. The molecule has 3 atom stereocenters. The summed E-state index contributed by atoms with van der Waals surface area (Å²) in [6.07, 6.45) is 10.6. The van der Waals surface area contributed by atoms with Gasteiger partial charge in [-0.15, -0.1) is 0 Å². The zero-order valence-corrected chi connectivity index (χ0v) is 15.6. The molecule has 0 aromatic rings. The van der Waals surface area contributed by atoms with Gasteiger partial charge in [-0.05, 0) is 44.4 Å². The van der Waals surface area contributed by atoms with Crippen molar-refractivity contribution >= 4 is 17.8 Å². The van der Waals surface area contributed by atoms with Crippen molar-refractivity contribution in [2.75, 3.05) is 0 Å². The molecule has 0 aromatic carbocycles. The van der Waals surface area contributed by atoms with Gasteiger partial charge < -0.3 is 10.2 Å². The summed E-state index contributed by atoms with van der Waals surface area (Å²) in [4.78, 5) is 34.7. The highest BCUT2D eigenvalue weighted by atomic mass is 16.4. The van der Waals surface area contributed by atoms with E-state index in [4.69, 9.17) is 5.11 Å². The van der Waals surface area contributed by atoms with Crippen LogP contribution in [0.1, 0.15) is 83.5 Å². The van der Waals surface area contributed by atoms with Crippen molar-refractivity contribution in [3.63, 3.8) is 0 Å². The fraction of sp³-hybridized carbons (Fsp3) is 0.850. The highest BCUT2D eigenvalue weighted by Gasteiger charge is 2.41. The molecule has 1 heterocycles. The lowest BCUT2D eigenvalue weighted by Crippen LogP contribution is -2.26. The number of rotatable bonds is 11. The van der Waals surface area contributed by atoms with Crippen LogP contribution in [0.3, 0.4) is 0 Å². The number of aliphatic hydroxyl groups is 1. The number of carbonyl (C=O) groups excluding carboxylic acids is 2. The van der Waals surface area contributed by atoms with Crippen LogP contribution in [-0.2, 0) is 14.4 Å². The van der Waals surface area contributed by atoms with Gasteiger partial charge in [0, 0.05) is 12.3 Å². The van der Waals surface area contributed by atoms with Crippen LogP contribution >= 0.6 is 0 Å². The van der Waals surface area contributed by atoms with Gasteiger partial charge in [-0.25, -0.2) is 0 Å². The van der Waals surface area contributed by atoms with Crippen LogP contribution in [0, 0.1) is 17.8 Å². The van der Waals surface area contributed by atoms with Gasteiger partial charge in [0.15, 0.2) is 0 Å². The third kappa shape index (κ3) is 6.38. The summed E-state index contributed by atoms with van der Waals surface area (Å²) in [6, 6.07) is 0. The summed E-state index contributed by atoms with van der Waals surface area (Å²) in [7, 11) is 0. The average molecular weight is 367 g/mol. The van der Waals surface area contributed by atoms with Crippen molar-refractivity contribution in [3.05, 3.63) is 0 Å². The van der Waals surface area contributed by atoms with Crippen LogP contribution in [0.2, 0.25) is 0 Å². The molecule has 6 heteroatoms. The molecule has 148 valence electrons. The predicted octanol–water partition coefficient (Wildman–Crippen LogP) is 3.02. The molecule has 1 saturated carbocycles. The number of hydrogen-bond acceptors (Lipinski definition) is 4. The van der Waals surface area contributed by atoms with Crippen LogP contribution in [-0.4, -0.2) is 34.1 Å². The van der Waals surface area contributed by atoms with E-state index >= 15 is 0 Å². The first-order chi connectivity index (χ1) is 12.5. The lowest BCUT2D eigenvalue weighted by atomic mass is 9.80. The van der Waals surface area contributed by atoms with Gasteiger partial charge in [-0.2, -0.15) is 0 Å². The van der Waals surface area contributed by atoms with Crippen molar-refractivity contribution < 1.29 is 24.6 Å². The Morgan fingerprint density at radius 3 is 2.23 bits per heavy atom. The number of carbonyl (C=O) groups is 3. The standard InChI is InChI=1S/C20H33NO5/c22-17(14-8-4-3-5-9-14)13-12-16-15(19(25)21-20(16)26)10-6-1-2-7-11-18(23)24/h14-17,22H,1-13H2,(H,23,24)(H,21,25,26)/t15-,16+,17+/m0/s1. The van der Waals surface area contributed by atoms with Crippen LogP contribution in [0.4, 0.5) is 0 Å². The minimum absolute atomic E-state index is 0.183. The number of amides is 2. The van der Waals surface area contributed by atoms with Crippen molar-refractivity contribution in [1.29, 1.82) is 0 Å². The van der Waals surface area contributed by atoms with E-state index in [-0.39, 0.29) is 36.2 Å². The highest BCUT2D eigenvalue weighted by molar-refractivity contribution is 6.04. The third-order valence-corrected chi connectivity index (χ3v) is 6.03. The maximum atomic E-state index is 12.1. The number of unbranched alkanes of at least 4 members (excludes halogenated alkanes) is 3. The van der Waals surface area contributed by atoms with E-state index in [1.165, 1.54) is 19.3 Å². The summed E-state index contributed by atoms with van der Waals surface area (Å²) >= 11 is 0. The van der Waals surface area contributed by atoms with Gasteiger partial charge in [-0.1, -0.05) is 38.5 Å². The normalized spacial score (nSPS) is 25.3. The van der Waals surface area contributed by atoms with Crippen molar-refractivity contribution in [2.45, 2.75) is 89.6 Å². The second-order valence-corrected chi connectivity index (χ2v) is 7.96. The number of carboxylic acids is 1. The minimum atomic E-state index is -0.776. The molecule has 0 aromatic heterocycles. The number of carboxylic acid groups (broad SMARTS) is 1. The Morgan fingerprint density at radius 1 is 0.962 bits per heavy atom. The third-order valence-electron chi connectivity index (χ3n) is 6.03. The van der Waals surface area contributed by atoms with Crippen molar-refractivity contribution in [3.8, 4) is 0 Å². The smallest absolute Gasteiger partial charge is 0.303 e. The molecular weight excluding hydrogens is 334 g/mol. The number of hydrogen-bond donors (Lipinski definition) is 3.